The Kier molecular flexibility index (Phi) is 5.26. The van der Waals surface area contributed by atoms with Crippen molar-refractivity contribution in [3.8, 4) is 0 Å². The van der Waals surface area contributed by atoms with Crippen molar-refractivity contribution in [2.75, 3.05) is 6.54 Å². The Morgan fingerprint density at radius 1 is 1.44 bits per heavy atom. The highest BCUT2D eigenvalue weighted by Crippen LogP contribution is 2.00. The number of hydrogen-bond acceptors (Lipinski definition) is 4. The zero-order chi connectivity index (χ0) is 13.5. The Labute approximate surface area is 105 Å². The molecule has 6 heteroatoms. The number of carboxylic acid groups (broad SMARTS) is 1. The Bertz CT molecular complexity index is 417. The SMILES string of the molecule is CCNC(=O)C(C)NCc1ccc(C(=O)O)cn1. The van der Waals surface area contributed by atoms with E-state index in [1.54, 1.807) is 13.0 Å². The lowest BCUT2D eigenvalue weighted by Crippen LogP contribution is -2.41. The van der Waals surface area contributed by atoms with Crippen LogP contribution in [0, 0.1) is 0 Å². The first-order valence-electron chi connectivity index (χ1n) is 5.74. The monoisotopic (exact) mass is 251 g/mol. The van der Waals surface area contributed by atoms with Gasteiger partial charge < -0.3 is 15.7 Å². The van der Waals surface area contributed by atoms with Gasteiger partial charge in [-0.3, -0.25) is 9.78 Å². The van der Waals surface area contributed by atoms with Crippen LogP contribution in [0.15, 0.2) is 18.3 Å². The van der Waals surface area contributed by atoms with Crippen LogP contribution in [0.1, 0.15) is 29.9 Å². The molecule has 1 unspecified atom stereocenters. The molecule has 0 aromatic carbocycles. The van der Waals surface area contributed by atoms with Crippen molar-refractivity contribution in [1.29, 1.82) is 0 Å². The maximum absolute atomic E-state index is 11.4. The Hall–Kier alpha value is -1.95. The van der Waals surface area contributed by atoms with Crippen LogP contribution in [0.4, 0.5) is 0 Å². The molecule has 0 fully saturated rings. The first-order chi connectivity index (χ1) is 8.54. The summed E-state index contributed by atoms with van der Waals surface area (Å²) in [6, 6.07) is 2.80. The van der Waals surface area contributed by atoms with Crippen LogP contribution in [0.3, 0.4) is 0 Å². The smallest absolute Gasteiger partial charge is 0.337 e. The molecular weight excluding hydrogens is 234 g/mol. The minimum Gasteiger partial charge on any atom is -0.478 e. The minimum absolute atomic E-state index is 0.0698. The molecule has 0 aliphatic rings. The van der Waals surface area contributed by atoms with Crippen molar-refractivity contribution in [2.24, 2.45) is 0 Å². The number of nitrogens with zero attached hydrogens (tertiary/aromatic N) is 1. The first-order valence-corrected chi connectivity index (χ1v) is 5.74. The lowest BCUT2D eigenvalue weighted by Gasteiger charge is -2.12. The topological polar surface area (TPSA) is 91.3 Å². The number of carbonyl (C=O) groups excluding carboxylic acids is 1. The fourth-order valence-electron chi connectivity index (χ4n) is 1.33. The molecule has 3 N–H and O–H groups in total. The summed E-state index contributed by atoms with van der Waals surface area (Å²) in [5, 5.41) is 14.4. The summed E-state index contributed by atoms with van der Waals surface area (Å²) in [6.45, 7) is 4.63. The molecule has 0 saturated carbocycles. The summed E-state index contributed by atoms with van der Waals surface area (Å²) >= 11 is 0. The second kappa shape index (κ2) is 6.70. The third kappa shape index (κ3) is 4.14. The summed E-state index contributed by atoms with van der Waals surface area (Å²) in [5.41, 5.74) is 0.840. The molecular formula is C12H17N3O3. The number of pyridine rings is 1. The number of amides is 1. The summed E-state index contributed by atoms with van der Waals surface area (Å²) < 4.78 is 0. The highest BCUT2D eigenvalue weighted by Gasteiger charge is 2.11. The van der Waals surface area contributed by atoms with Crippen LogP contribution in [0.2, 0.25) is 0 Å². The second-order valence-corrected chi connectivity index (χ2v) is 3.84. The van der Waals surface area contributed by atoms with Crippen molar-refractivity contribution in [2.45, 2.75) is 26.4 Å². The van der Waals surface area contributed by atoms with Crippen LogP contribution in [0.5, 0.6) is 0 Å². The molecule has 1 heterocycles. The van der Waals surface area contributed by atoms with Crippen LogP contribution in [-0.4, -0.2) is 34.6 Å². The fourth-order valence-corrected chi connectivity index (χ4v) is 1.33. The quantitative estimate of drug-likeness (QED) is 0.680. The van der Waals surface area contributed by atoms with Gasteiger partial charge in [0.2, 0.25) is 5.91 Å². The normalized spacial score (nSPS) is 11.9. The van der Waals surface area contributed by atoms with Crippen molar-refractivity contribution < 1.29 is 14.7 Å². The average Bonchev–Trinajstić information content (AvgIpc) is 2.36. The van der Waals surface area contributed by atoms with Gasteiger partial charge in [-0.15, -0.1) is 0 Å². The number of hydrogen-bond donors (Lipinski definition) is 3. The van der Waals surface area contributed by atoms with E-state index >= 15 is 0 Å². The highest BCUT2D eigenvalue weighted by molar-refractivity contribution is 5.87. The average molecular weight is 251 g/mol. The molecule has 1 rings (SSSR count). The van der Waals surface area contributed by atoms with Gasteiger partial charge in [-0.2, -0.15) is 0 Å². The van der Waals surface area contributed by atoms with Crippen LogP contribution in [0.25, 0.3) is 0 Å². The number of carbonyl (C=O) groups is 2. The summed E-state index contributed by atoms with van der Waals surface area (Å²) in [6.07, 6.45) is 1.30. The zero-order valence-corrected chi connectivity index (χ0v) is 10.4. The van der Waals surface area contributed by atoms with Gasteiger partial charge in [-0.25, -0.2) is 4.79 Å². The summed E-state index contributed by atoms with van der Waals surface area (Å²) in [4.78, 5) is 26.1. The molecule has 0 aliphatic heterocycles. The van der Waals surface area contributed by atoms with E-state index in [0.29, 0.717) is 18.8 Å². The van der Waals surface area contributed by atoms with E-state index in [-0.39, 0.29) is 17.5 Å². The van der Waals surface area contributed by atoms with E-state index in [1.165, 1.54) is 12.3 Å². The van der Waals surface area contributed by atoms with Crippen molar-refractivity contribution in [3.05, 3.63) is 29.6 Å². The van der Waals surface area contributed by atoms with E-state index in [2.05, 4.69) is 15.6 Å². The number of aromatic carboxylic acids is 1. The van der Waals surface area contributed by atoms with E-state index in [0.717, 1.165) is 0 Å². The first kappa shape index (κ1) is 14.1. The van der Waals surface area contributed by atoms with Gasteiger partial charge in [0.1, 0.15) is 0 Å². The zero-order valence-electron chi connectivity index (χ0n) is 10.4. The molecule has 1 aromatic heterocycles. The van der Waals surface area contributed by atoms with E-state index in [9.17, 15) is 9.59 Å². The van der Waals surface area contributed by atoms with Crippen LogP contribution >= 0.6 is 0 Å². The third-order valence-corrected chi connectivity index (χ3v) is 2.41. The van der Waals surface area contributed by atoms with E-state index in [4.69, 9.17) is 5.11 Å². The number of nitrogens with one attached hydrogen (secondary N) is 2. The standard InChI is InChI=1S/C12H17N3O3/c1-3-13-11(16)8(2)14-7-10-5-4-9(6-15-10)12(17)18/h4-6,8,14H,3,7H2,1-2H3,(H,13,16)(H,17,18). The van der Waals surface area contributed by atoms with E-state index < -0.39 is 5.97 Å². The molecule has 1 aromatic rings. The molecule has 1 atom stereocenters. The Morgan fingerprint density at radius 2 is 2.17 bits per heavy atom. The van der Waals surface area contributed by atoms with Crippen molar-refractivity contribution in [1.82, 2.24) is 15.6 Å². The number of likely N-dealkylation sites (N-methyl/N-ethyl adjacent to an activating group) is 1. The maximum Gasteiger partial charge on any atom is 0.337 e. The maximum atomic E-state index is 11.4. The summed E-state index contributed by atoms with van der Waals surface area (Å²) in [5.74, 6) is -1.07. The molecule has 0 aliphatic carbocycles. The van der Waals surface area contributed by atoms with Crippen molar-refractivity contribution >= 4 is 11.9 Å². The predicted octanol–water partition coefficient (Wildman–Crippen LogP) is 0.394. The molecule has 98 valence electrons. The highest BCUT2D eigenvalue weighted by atomic mass is 16.4. The van der Waals surface area contributed by atoms with Gasteiger partial charge in [-0.1, -0.05) is 0 Å². The van der Waals surface area contributed by atoms with Gasteiger partial charge >= 0.3 is 5.97 Å². The Morgan fingerprint density at radius 3 is 2.67 bits per heavy atom. The van der Waals surface area contributed by atoms with E-state index in [1.807, 2.05) is 6.92 Å². The van der Waals surface area contributed by atoms with Gasteiger partial charge in [0.25, 0.3) is 0 Å². The lowest BCUT2D eigenvalue weighted by molar-refractivity contribution is -0.122. The van der Waals surface area contributed by atoms with Crippen LogP contribution in [-0.2, 0) is 11.3 Å². The fraction of sp³-hybridized carbons (Fsp3) is 0.417. The van der Waals surface area contributed by atoms with Gasteiger partial charge in [-0.05, 0) is 26.0 Å². The summed E-state index contributed by atoms with van der Waals surface area (Å²) in [7, 11) is 0. The van der Waals surface area contributed by atoms with Gasteiger partial charge in [0.15, 0.2) is 0 Å². The molecule has 0 saturated heterocycles. The third-order valence-electron chi connectivity index (χ3n) is 2.41. The molecule has 0 bridgehead atoms. The lowest BCUT2D eigenvalue weighted by atomic mass is 10.2. The predicted molar refractivity (Wildman–Crippen MR) is 66.2 cm³/mol. The van der Waals surface area contributed by atoms with Crippen LogP contribution < -0.4 is 10.6 Å². The van der Waals surface area contributed by atoms with Gasteiger partial charge in [0.05, 0.1) is 17.3 Å². The molecule has 0 radical (unpaired) electrons. The number of carboxylic acids is 1. The molecule has 1 amide bonds. The second-order valence-electron chi connectivity index (χ2n) is 3.84. The number of rotatable bonds is 6. The minimum atomic E-state index is -1.00. The molecule has 6 nitrogen and oxygen atoms in total. The van der Waals surface area contributed by atoms with Gasteiger partial charge in [0, 0.05) is 19.3 Å². The Balaban J connectivity index is 2.48. The largest absolute Gasteiger partial charge is 0.478 e. The van der Waals surface area contributed by atoms with Crippen molar-refractivity contribution in [3.63, 3.8) is 0 Å². The molecule has 18 heavy (non-hydrogen) atoms. The number of aromatic nitrogens is 1. The molecule has 0 spiro atoms.